The van der Waals surface area contributed by atoms with Crippen molar-refractivity contribution < 1.29 is 14.7 Å². The number of amides is 2. The predicted octanol–water partition coefficient (Wildman–Crippen LogP) is 2.78. The molecule has 0 bridgehead atoms. The van der Waals surface area contributed by atoms with E-state index in [1.165, 1.54) is 12.5 Å². The number of carbonyl (C=O) groups excluding carboxylic acids is 2. The Morgan fingerprint density at radius 3 is 2.37 bits per heavy atom. The molecule has 2 amide bonds. The van der Waals surface area contributed by atoms with Gasteiger partial charge in [-0.15, -0.1) is 0 Å². The number of rotatable bonds is 7. The van der Waals surface area contributed by atoms with Crippen molar-refractivity contribution in [1.82, 2.24) is 4.90 Å². The molecule has 1 heterocycles. The summed E-state index contributed by atoms with van der Waals surface area (Å²) in [4.78, 5) is 26.2. The van der Waals surface area contributed by atoms with Gasteiger partial charge in [0.05, 0.1) is 0 Å². The van der Waals surface area contributed by atoms with Crippen LogP contribution in [0.4, 0.5) is 0 Å². The number of aliphatic hydroxyl groups is 1. The molecule has 158 valence electrons. The maximum atomic E-state index is 13.0. The van der Waals surface area contributed by atoms with Crippen LogP contribution in [-0.4, -0.2) is 46.2 Å². The van der Waals surface area contributed by atoms with Gasteiger partial charge in [-0.1, -0.05) is 42.5 Å². The first-order chi connectivity index (χ1) is 14.3. The van der Waals surface area contributed by atoms with Gasteiger partial charge in [-0.25, -0.2) is 0 Å². The summed E-state index contributed by atoms with van der Waals surface area (Å²) < 4.78 is 0. The molecule has 1 aliphatic rings. The van der Waals surface area contributed by atoms with Crippen molar-refractivity contribution >= 4 is 17.5 Å². The highest BCUT2D eigenvalue weighted by Gasteiger charge is 2.30. The maximum absolute atomic E-state index is 13.0. The molecule has 2 aromatic rings. The number of nitrogens with two attached hydrogens (primary N) is 1. The molecule has 4 N–H and O–H groups in total. The van der Waals surface area contributed by atoms with Crippen LogP contribution in [0.2, 0.25) is 0 Å². The van der Waals surface area contributed by atoms with E-state index in [-0.39, 0.29) is 18.0 Å². The smallest absolute Gasteiger partial charge is 0.253 e. The fraction of sp³-hybridized carbons (Fsp3) is 0.375. The number of hydrogen-bond donors (Lipinski definition) is 3. The van der Waals surface area contributed by atoms with Crippen LogP contribution in [0.25, 0.3) is 0 Å². The van der Waals surface area contributed by atoms with Crippen molar-refractivity contribution in [3.05, 3.63) is 71.3 Å². The van der Waals surface area contributed by atoms with Gasteiger partial charge < -0.3 is 21.1 Å². The van der Waals surface area contributed by atoms with E-state index in [0.717, 1.165) is 19.3 Å². The van der Waals surface area contributed by atoms with Crippen LogP contribution in [0.3, 0.4) is 0 Å². The molecule has 30 heavy (non-hydrogen) atoms. The molecule has 1 saturated heterocycles. The van der Waals surface area contributed by atoms with Crippen molar-refractivity contribution in [2.75, 3.05) is 13.1 Å². The summed E-state index contributed by atoms with van der Waals surface area (Å²) in [5, 5.41) is 18.2. The lowest BCUT2D eigenvalue weighted by molar-refractivity contribution is -0.133. The van der Waals surface area contributed by atoms with E-state index in [1.807, 2.05) is 11.0 Å². The number of likely N-dealkylation sites (tertiary alicyclic amines) is 1. The lowest BCUT2D eigenvalue weighted by Gasteiger charge is -2.32. The van der Waals surface area contributed by atoms with Gasteiger partial charge in [-0.2, -0.15) is 0 Å². The Bertz CT molecular complexity index is 916. The number of benzene rings is 2. The highest BCUT2D eigenvalue weighted by molar-refractivity contribution is 6.04. The van der Waals surface area contributed by atoms with Crippen molar-refractivity contribution in [3.63, 3.8) is 0 Å². The third-order valence-corrected chi connectivity index (χ3v) is 5.78. The Hall–Kier alpha value is -2.99. The molecule has 2 aromatic carbocycles. The molecule has 0 spiro atoms. The molecule has 6 nitrogen and oxygen atoms in total. The minimum atomic E-state index is -1.79. The second kappa shape index (κ2) is 9.22. The summed E-state index contributed by atoms with van der Waals surface area (Å²) in [5.41, 5.74) is 5.80. The van der Waals surface area contributed by atoms with Gasteiger partial charge in [0.2, 0.25) is 5.91 Å². The van der Waals surface area contributed by atoms with E-state index in [9.17, 15) is 14.7 Å². The zero-order valence-corrected chi connectivity index (χ0v) is 17.3. The molecule has 6 heteroatoms. The Morgan fingerprint density at radius 2 is 1.73 bits per heavy atom. The topological polar surface area (TPSA) is 107 Å². The highest BCUT2D eigenvalue weighted by atomic mass is 16.3. The third-order valence-electron chi connectivity index (χ3n) is 5.78. The molecule has 1 fully saturated rings. The van der Waals surface area contributed by atoms with Crippen molar-refractivity contribution in [2.24, 2.45) is 11.7 Å². The molecule has 0 saturated carbocycles. The quantitative estimate of drug-likeness (QED) is 0.614. The van der Waals surface area contributed by atoms with E-state index in [4.69, 9.17) is 11.1 Å². The summed E-state index contributed by atoms with van der Waals surface area (Å²) in [5.74, 6) is -0.352. The number of piperidine rings is 1. The van der Waals surface area contributed by atoms with E-state index < -0.39 is 11.5 Å². The molecular formula is C24H29N3O3. The average molecular weight is 408 g/mol. The van der Waals surface area contributed by atoms with Crippen LogP contribution in [0.15, 0.2) is 54.6 Å². The normalized spacial score (nSPS) is 16.7. The molecule has 0 aromatic heterocycles. The van der Waals surface area contributed by atoms with Crippen LogP contribution in [0.1, 0.15) is 47.7 Å². The minimum absolute atomic E-state index is 0.0514. The fourth-order valence-corrected chi connectivity index (χ4v) is 3.84. The maximum Gasteiger partial charge on any atom is 0.253 e. The number of primary amides is 1. The summed E-state index contributed by atoms with van der Waals surface area (Å²) in [6, 6.07) is 17.2. The number of hydrogen-bond acceptors (Lipinski definition) is 4. The monoisotopic (exact) mass is 407 g/mol. The number of carbonyl (C=O) groups is 2. The first kappa shape index (κ1) is 21.7. The van der Waals surface area contributed by atoms with Crippen LogP contribution in [-0.2, 0) is 11.2 Å². The van der Waals surface area contributed by atoms with E-state index in [1.54, 1.807) is 24.3 Å². The first-order valence-electron chi connectivity index (χ1n) is 10.3. The first-order valence-corrected chi connectivity index (χ1v) is 10.3. The summed E-state index contributed by atoms with van der Waals surface area (Å²) >= 11 is 0. The summed E-state index contributed by atoms with van der Waals surface area (Å²) in [6.07, 6.45) is 2.77. The van der Waals surface area contributed by atoms with Crippen LogP contribution >= 0.6 is 0 Å². The molecule has 0 radical (unpaired) electrons. The van der Waals surface area contributed by atoms with Crippen molar-refractivity contribution in [1.29, 1.82) is 5.41 Å². The Balaban J connectivity index is 1.60. The molecule has 3 rings (SSSR count). The molecule has 1 aliphatic heterocycles. The molecule has 1 unspecified atom stereocenters. The van der Waals surface area contributed by atoms with Gasteiger partial charge in [0.1, 0.15) is 5.60 Å². The predicted molar refractivity (Wildman–Crippen MR) is 116 cm³/mol. The largest absolute Gasteiger partial charge is 0.380 e. The molecule has 1 atom stereocenters. The second-order valence-electron chi connectivity index (χ2n) is 8.30. The summed E-state index contributed by atoms with van der Waals surface area (Å²) in [7, 11) is 0. The van der Waals surface area contributed by atoms with Gasteiger partial charge in [0.15, 0.2) is 0 Å². The summed E-state index contributed by atoms with van der Waals surface area (Å²) in [6.45, 7) is 2.72. The van der Waals surface area contributed by atoms with Gasteiger partial charge in [0.25, 0.3) is 5.91 Å². The van der Waals surface area contributed by atoms with Crippen LogP contribution in [0, 0.1) is 11.3 Å². The van der Waals surface area contributed by atoms with Gasteiger partial charge in [-0.3, -0.25) is 9.59 Å². The Morgan fingerprint density at radius 1 is 1.10 bits per heavy atom. The third kappa shape index (κ3) is 5.33. The SMILES string of the molecule is CC(O)(CC(=N)c1cccc(C(=O)N2CCC(Cc3ccccc3)CC2)c1)C(N)=O. The van der Waals surface area contributed by atoms with Crippen molar-refractivity contribution in [2.45, 2.75) is 38.2 Å². The van der Waals surface area contributed by atoms with E-state index >= 15 is 0 Å². The van der Waals surface area contributed by atoms with Crippen molar-refractivity contribution in [3.8, 4) is 0 Å². The van der Waals surface area contributed by atoms with E-state index in [0.29, 0.717) is 30.1 Å². The second-order valence-corrected chi connectivity index (χ2v) is 8.30. The zero-order chi connectivity index (χ0) is 21.7. The molecule has 0 aliphatic carbocycles. The Kier molecular flexibility index (Phi) is 6.67. The Labute approximate surface area is 177 Å². The number of nitrogens with zero attached hydrogens (tertiary/aromatic N) is 1. The van der Waals surface area contributed by atoms with Crippen LogP contribution in [0.5, 0.6) is 0 Å². The standard InChI is InChI=1S/C24H29N3O3/c1-24(30,23(26)29)16-21(25)19-8-5-9-20(15-19)22(28)27-12-10-18(11-13-27)14-17-6-3-2-4-7-17/h2-9,15,18,25,30H,10-14,16H2,1H3,(H2,26,29). The van der Waals surface area contributed by atoms with Gasteiger partial charge in [-0.05, 0) is 55.4 Å². The molecular weight excluding hydrogens is 378 g/mol. The van der Waals surface area contributed by atoms with Gasteiger partial charge >= 0.3 is 0 Å². The lowest BCUT2D eigenvalue weighted by Crippen LogP contribution is -2.42. The minimum Gasteiger partial charge on any atom is -0.380 e. The van der Waals surface area contributed by atoms with Gasteiger partial charge in [0, 0.05) is 30.8 Å². The zero-order valence-electron chi connectivity index (χ0n) is 17.3. The number of nitrogens with one attached hydrogen (secondary N) is 1. The fourth-order valence-electron chi connectivity index (χ4n) is 3.84. The van der Waals surface area contributed by atoms with E-state index in [2.05, 4.69) is 24.3 Å². The lowest BCUT2D eigenvalue weighted by atomic mass is 9.90. The average Bonchev–Trinajstić information content (AvgIpc) is 2.74. The highest BCUT2D eigenvalue weighted by Crippen LogP contribution is 2.23. The van der Waals surface area contributed by atoms with Crippen LogP contribution < -0.4 is 5.73 Å².